The number of hydrogen-bond donors (Lipinski definition) is 2. The summed E-state index contributed by atoms with van der Waals surface area (Å²) in [4.78, 5) is 0. The zero-order valence-electron chi connectivity index (χ0n) is 8.50. The van der Waals surface area contributed by atoms with Gasteiger partial charge in [0.05, 0.1) is 0 Å². The van der Waals surface area contributed by atoms with Gasteiger partial charge < -0.3 is 11.5 Å². The molecule has 0 radical (unpaired) electrons. The number of benzene rings is 1. The normalized spacial score (nSPS) is 18.5. The molecule has 0 bridgehead atoms. The Labute approximate surface area is 95.2 Å². The van der Waals surface area contributed by atoms with Crippen molar-refractivity contribution in [3.63, 3.8) is 0 Å². The van der Waals surface area contributed by atoms with Gasteiger partial charge in [-0.05, 0) is 36.6 Å². The molecule has 1 aromatic carbocycles. The van der Waals surface area contributed by atoms with Crippen LogP contribution in [0.1, 0.15) is 31.2 Å². The molecule has 4 N–H and O–H groups in total. The second kappa shape index (κ2) is 4.37. The summed E-state index contributed by atoms with van der Waals surface area (Å²) in [5.74, 6) is -0.258. The van der Waals surface area contributed by atoms with Crippen molar-refractivity contribution in [2.24, 2.45) is 5.73 Å². The van der Waals surface area contributed by atoms with E-state index in [1.165, 1.54) is 12.1 Å². The lowest BCUT2D eigenvalue weighted by atomic mass is 9.88. The molecule has 2 rings (SSSR count). The number of hydrogen-bond acceptors (Lipinski definition) is 2. The molecule has 0 amide bonds. The van der Waals surface area contributed by atoms with Gasteiger partial charge in [-0.2, -0.15) is 0 Å². The maximum absolute atomic E-state index is 13.1. The molecule has 1 saturated carbocycles. The molecular formula is C11H16ClFN2. The fourth-order valence-corrected chi connectivity index (χ4v) is 2.23. The number of anilines is 1. The second-order valence-electron chi connectivity index (χ2n) is 4.09. The molecule has 0 aromatic heterocycles. The Balaban J connectivity index is 0.00000112. The highest BCUT2D eigenvalue weighted by Gasteiger charge is 2.32. The van der Waals surface area contributed by atoms with Gasteiger partial charge in [-0.1, -0.05) is 12.8 Å². The Bertz CT molecular complexity index is 348. The lowest BCUT2D eigenvalue weighted by Crippen LogP contribution is -2.34. The third-order valence-electron chi connectivity index (χ3n) is 3.05. The van der Waals surface area contributed by atoms with E-state index in [-0.39, 0.29) is 18.2 Å². The lowest BCUT2D eigenvalue weighted by Gasteiger charge is -2.25. The van der Waals surface area contributed by atoms with E-state index in [1.54, 1.807) is 6.07 Å². The Morgan fingerprint density at radius 1 is 1.20 bits per heavy atom. The van der Waals surface area contributed by atoms with Crippen LogP contribution in [0.4, 0.5) is 10.1 Å². The van der Waals surface area contributed by atoms with Gasteiger partial charge >= 0.3 is 0 Å². The third kappa shape index (κ3) is 2.24. The topological polar surface area (TPSA) is 52.0 Å². The fraction of sp³-hybridized carbons (Fsp3) is 0.455. The summed E-state index contributed by atoms with van der Waals surface area (Å²) in [6.45, 7) is 0. The van der Waals surface area contributed by atoms with Crippen LogP contribution in [0.3, 0.4) is 0 Å². The van der Waals surface area contributed by atoms with Gasteiger partial charge in [-0.3, -0.25) is 0 Å². The van der Waals surface area contributed by atoms with Gasteiger partial charge in [0.1, 0.15) is 5.82 Å². The van der Waals surface area contributed by atoms with Crippen molar-refractivity contribution in [3.8, 4) is 0 Å². The zero-order chi connectivity index (χ0) is 10.2. The van der Waals surface area contributed by atoms with Crippen LogP contribution in [0.2, 0.25) is 0 Å². The van der Waals surface area contributed by atoms with Crippen molar-refractivity contribution in [1.29, 1.82) is 0 Å². The molecule has 15 heavy (non-hydrogen) atoms. The van der Waals surface area contributed by atoms with E-state index in [4.69, 9.17) is 11.5 Å². The first-order valence-corrected chi connectivity index (χ1v) is 4.96. The van der Waals surface area contributed by atoms with E-state index >= 15 is 0 Å². The summed E-state index contributed by atoms with van der Waals surface area (Å²) in [7, 11) is 0. The first-order chi connectivity index (χ1) is 6.62. The first-order valence-electron chi connectivity index (χ1n) is 4.96. The van der Waals surface area contributed by atoms with Crippen LogP contribution in [0.5, 0.6) is 0 Å². The van der Waals surface area contributed by atoms with Crippen molar-refractivity contribution < 1.29 is 4.39 Å². The molecule has 0 unspecified atom stereocenters. The van der Waals surface area contributed by atoms with E-state index in [0.29, 0.717) is 5.69 Å². The van der Waals surface area contributed by atoms with E-state index in [1.807, 2.05) is 0 Å². The summed E-state index contributed by atoms with van der Waals surface area (Å²) in [6, 6.07) is 4.44. The van der Waals surface area contributed by atoms with E-state index in [2.05, 4.69) is 0 Å². The Kier molecular flexibility index (Phi) is 3.58. The molecule has 1 aromatic rings. The molecule has 0 heterocycles. The molecule has 1 aliphatic rings. The fourth-order valence-electron chi connectivity index (χ4n) is 2.23. The van der Waals surface area contributed by atoms with Gasteiger partial charge in [-0.15, -0.1) is 12.4 Å². The summed E-state index contributed by atoms with van der Waals surface area (Å²) in [5, 5.41) is 0. The van der Waals surface area contributed by atoms with E-state index < -0.39 is 5.54 Å². The van der Waals surface area contributed by atoms with Crippen molar-refractivity contribution >= 4 is 18.1 Å². The quantitative estimate of drug-likeness (QED) is 0.729. The predicted octanol–water partition coefficient (Wildman–Crippen LogP) is 2.56. The summed E-state index contributed by atoms with van der Waals surface area (Å²) in [6.07, 6.45) is 4.01. The van der Waals surface area contributed by atoms with Gasteiger partial charge in [0.15, 0.2) is 0 Å². The summed E-state index contributed by atoms with van der Waals surface area (Å²) < 4.78 is 13.1. The highest BCUT2D eigenvalue weighted by molar-refractivity contribution is 5.85. The average Bonchev–Trinajstić information content (AvgIpc) is 2.58. The molecule has 4 heteroatoms. The van der Waals surface area contributed by atoms with Gasteiger partial charge in [0.2, 0.25) is 0 Å². The third-order valence-corrected chi connectivity index (χ3v) is 3.05. The number of rotatable bonds is 1. The van der Waals surface area contributed by atoms with E-state index in [0.717, 1.165) is 31.2 Å². The van der Waals surface area contributed by atoms with Crippen LogP contribution in [0.25, 0.3) is 0 Å². The number of nitrogens with two attached hydrogens (primary N) is 2. The van der Waals surface area contributed by atoms with Crippen molar-refractivity contribution in [2.45, 2.75) is 31.2 Å². The highest BCUT2D eigenvalue weighted by atomic mass is 35.5. The van der Waals surface area contributed by atoms with Crippen LogP contribution < -0.4 is 11.5 Å². The summed E-state index contributed by atoms with van der Waals surface area (Å²) >= 11 is 0. The molecule has 1 aliphatic carbocycles. The van der Waals surface area contributed by atoms with Gasteiger partial charge in [0.25, 0.3) is 0 Å². The minimum atomic E-state index is -0.397. The molecule has 0 spiro atoms. The second-order valence-corrected chi connectivity index (χ2v) is 4.09. The van der Waals surface area contributed by atoms with Crippen LogP contribution in [-0.4, -0.2) is 0 Å². The molecule has 2 nitrogen and oxygen atoms in total. The maximum atomic E-state index is 13.1. The van der Waals surface area contributed by atoms with Crippen LogP contribution >= 0.6 is 12.4 Å². The molecule has 0 atom stereocenters. The number of nitrogen functional groups attached to an aromatic ring is 1. The Morgan fingerprint density at radius 2 is 1.80 bits per heavy atom. The van der Waals surface area contributed by atoms with E-state index in [9.17, 15) is 4.39 Å². The van der Waals surface area contributed by atoms with Gasteiger partial charge in [0, 0.05) is 11.2 Å². The standard InChI is InChI=1S/C11H15FN2.ClH/c12-8-3-4-10(13)9(7-8)11(14)5-1-2-6-11;/h3-4,7H,1-2,5-6,13-14H2;1H. The predicted molar refractivity (Wildman–Crippen MR) is 62.4 cm³/mol. The van der Waals surface area contributed by atoms with Crippen LogP contribution in [0, 0.1) is 5.82 Å². The van der Waals surface area contributed by atoms with Crippen LogP contribution in [0.15, 0.2) is 18.2 Å². The molecule has 0 saturated heterocycles. The van der Waals surface area contributed by atoms with Crippen LogP contribution in [-0.2, 0) is 5.54 Å². The van der Waals surface area contributed by atoms with Crippen molar-refractivity contribution in [1.82, 2.24) is 0 Å². The molecule has 1 fully saturated rings. The maximum Gasteiger partial charge on any atom is 0.123 e. The molecular weight excluding hydrogens is 215 g/mol. The Morgan fingerprint density at radius 3 is 2.40 bits per heavy atom. The SMILES string of the molecule is Cl.Nc1ccc(F)cc1C1(N)CCCC1. The summed E-state index contributed by atoms with van der Waals surface area (Å²) in [5.41, 5.74) is 13.0. The zero-order valence-corrected chi connectivity index (χ0v) is 9.32. The average molecular weight is 231 g/mol. The highest BCUT2D eigenvalue weighted by Crippen LogP contribution is 2.38. The lowest BCUT2D eigenvalue weighted by molar-refractivity contribution is 0.459. The molecule has 84 valence electrons. The minimum Gasteiger partial charge on any atom is -0.398 e. The Hall–Kier alpha value is -0.800. The molecule has 0 aliphatic heterocycles. The number of halogens is 2. The smallest absolute Gasteiger partial charge is 0.123 e. The monoisotopic (exact) mass is 230 g/mol. The van der Waals surface area contributed by atoms with Gasteiger partial charge in [-0.25, -0.2) is 4.39 Å². The van der Waals surface area contributed by atoms with Crippen molar-refractivity contribution in [3.05, 3.63) is 29.6 Å². The first kappa shape index (κ1) is 12.3. The minimum absolute atomic E-state index is 0. The largest absolute Gasteiger partial charge is 0.398 e. The van der Waals surface area contributed by atoms with Crippen molar-refractivity contribution in [2.75, 3.05) is 5.73 Å².